The quantitative estimate of drug-likeness (QED) is 0.885. The van der Waals surface area contributed by atoms with Crippen LogP contribution in [0.4, 0.5) is 0 Å². The van der Waals surface area contributed by atoms with Gasteiger partial charge in [0.05, 0.1) is 5.69 Å². The van der Waals surface area contributed by atoms with Crippen LogP contribution in [0.15, 0.2) is 33.7 Å². The van der Waals surface area contributed by atoms with E-state index in [1.165, 1.54) is 11.1 Å². The number of aryl methyl sites for hydroxylation is 2. The van der Waals surface area contributed by atoms with Crippen LogP contribution in [-0.4, -0.2) is 22.2 Å². The number of hydrogen-bond acceptors (Lipinski definition) is 4. The first kappa shape index (κ1) is 16.9. The summed E-state index contributed by atoms with van der Waals surface area (Å²) in [6.45, 7) is 9.10. The number of nitrogens with zero attached hydrogens (tertiary/aromatic N) is 1. The summed E-state index contributed by atoms with van der Waals surface area (Å²) >= 11 is 0. The fourth-order valence-electron chi connectivity index (χ4n) is 2.72. The maximum Gasteiger partial charge on any atom is 0.137 e. The molecule has 1 aromatic carbocycles. The molecular weight excluding hydrogens is 296 g/mol. The van der Waals surface area contributed by atoms with E-state index in [4.69, 9.17) is 4.52 Å². The standard InChI is InChI=1S/C17H24N2O2S/c1-11(17-13(3)19-21-14(17)4)10-18-12(2)15-6-8-16(9-7-15)22(5)20/h6-9,11-12,18H,10H2,1-5H3/t11-,12+,22+/m1/s1. The van der Waals surface area contributed by atoms with Crippen molar-refractivity contribution in [2.24, 2.45) is 0 Å². The highest BCUT2D eigenvalue weighted by atomic mass is 32.2. The lowest BCUT2D eigenvalue weighted by Crippen LogP contribution is -2.24. The molecule has 4 nitrogen and oxygen atoms in total. The van der Waals surface area contributed by atoms with E-state index in [-0.39, 0.29) is 6.04 Å². The van der Waals surface area contributed by atoms with Crippen LogP contribution in [0.2, 0.25) is 0 Å². The van der Waals surface area contributed by atoms with Gasteiger partial charge in [0.15, 0.2) is 0 Å². The summed E-state index contributed by atoms with van der Waals surface area (Å²) in [6, 6.07) is 8.18. The molecule has 0 aliphatic carbocycles. The van der Waals surface area contributed by atoms with E-state index in [9.17, 15) is 4.21 Å². The molecule has 0 amide bonds. The van der Waals surface area contributed by atoms with Crippen molar-refractivity contribution in [3.63, 3.8) is 0 Å². The van der Waals surface area contributed by atoms with Crippen LogP contribution < -0.4 is 5.32 Å². The third kappa shape index (κ3) is 3.84. The lowest BCUT2D eigenvalue weighted by atomic mass is 9.98. The summed E-state index contributed by atoms with van der Waals surface area (Å²) in [5.74, 6) is 1.24. The van der Waals surface area contributed by atoms with Gasteiger partial charge in [-0.2, -0.15) is 0 Å². The van der Waals surface area contributed by atoms with Gasteiger partial charge in [-0.25, -0.2) is 0 Å². The molecule has 0 fully saturated rings. The maximum absolute atomic E-state index is 11.4. The topological polar surface area (TPSA) is 55.1 Å². The highest BCUT2D eigenvalue weighted by Gasteiger charge is 2.17. The maximum atomic E-state index is 11.4. The molecule has 120 valence electrons. The largest absolute Gasteiger partial charge is 0.361 e. The van der Waals surface area contributed by atoms with Gasteiger partial charge in [0, 0.05) is 40.1 Å². The fourth-order valence-corrected chi connectivity index (χ4v) is 3.23. The molecule has 0 aliphatic heterocycles. The Bertz CT molecular complexity index is 630. The smallest absolute Gasteiger partial charge is 0.137 e. The van der Waals surface area contributed by atoms with Gasteiger partial charge in [0.25, 0.3) is 0 Å². The van der Waals surface area contributed by atoms with Crippen molar-refractivity contribution in [2.75, 3.05) is 12.8 Å². The molecule has 2 aromatic rings. The number of hydrogen-bond donors (Lipinski definition) is 1. The molecule has 3 atom stereocenters. The van der Waals surface area contributed by atoms with Crippen molar-refractivity contribution in [3.05, 3.63) is 46.8 Å². The molecule has 0 saturated heterocycles. The monoisotopic (exact) mass is 320 g/mol. The Morgan fingerprint density at radius 2 is 1.86 bits per heavy atom. The van der Waals surface area contributed by atoms with Gasteiger partial charge in [-0.05, 0) is 44.4 Å². The van der Waals surface area contributed by atoms with Crippen molar-refractivity contribution >= 4 is 10.8 Å². The van der Waals surface area contributed by atoms with Crippen LogP contribution in [0, 0.1) is 13.8 Å². The minimum Gasteiger partial charge on any atom is -0.361 e. The zero-order valence-electron chi connectivity index (χ0n) is 13.8. The Morgan fingerprint density at radius 1 is 1.23 bits per heavy atom. The molecule has 1 aromatic heterocycles. The number of benzene rings is 1. The normalized spacial score (nSPS) is 15.5. The highest BCUT2D eigenvalue weighted by molar-refractivity contribution is 7.84. The summed E-state index contributed by atoms with van der Waals surface area (Å²) in [6.07, 6.45) is 1.70. The first-order chi connectivity index (χ1) is 10.4. The average molecular weight is 320 g/mol. The lowest BCUT2D eigenvalue weighted by molar-refractivity contribution is 0.391. The Labute approximate surface area is 134 Å². The number of nitrogens with one attached hydrogen (secondary N) is 1. The Hall–Kier alpha value is -1.46. The Morgan fingerprint density at radius 3 is 2.36 bits per heavy atom. The van der Waals surface area contributed by atoms with E-state index in [1.807, 2.05) is 38.1 Å². The van der Waals surface area contributed by atoms with Crippen molar-refractivity contribution in [1.82, 2.24) is 10.5 Å². The fraction of sp³-hybridized carbons (Fsp3) is 0.471. The molecule has 0 saturated carbocycles. The van der Waals surface area contributed by atoms with Gasteiger partial charge < -0.3 is 9.84 Å². The Kier molecular flexibility index (Phi) is 5.53. The van der Waals surface area contributed by atoms with Gasteiger partial charge in [-0.1, -0.05) is 24.2 Å². The molecule has 0 aliphatic rings. The molecule has 5 heteroatoms. The minimum absolute atomic E-state index is 0.238. The second-order valence-electron chi connectivity index (χ2n) is 5.79. The first-order valence-electron chi connectivity index (χ1n) is 7.49. The van der Waals surface area contributed by atoms with Gasteiger partial charge in [-0.3, -0.25) is 4.21 Å². The average Bonchev–Trinajstić information content (AvgIpc) is 2.83. The van der Waals surface area contributed by atoms with Gasteiger partial charge in [0.1, 0.15) is 5.76 Å². The van der Waals surface area contributed by atoms with Crippen LogP contribution in [0.5, 0.6) is 0 Å². The van der Waals surface area contributed by atoms with E-state index in [0.717, 1.165) is 22.9 Å². The summed E-state index contributed by atoms with van der Waals surface area (Å²) in [5, 5.41) is 7.56. The number of rotatable bonds is 6. The van der Waals surface area contributed by atoms with E-state index < -0.39 is 10.8 Å². The van der Waals surface area contributed by atoms with E-state index in [2.05, 4.69) is 24.3 Å². The molecule has 0 spiro atoms. The third-order valence-electron chi connectivity index (χ3n) is 4.02. The van der Waals surface area contributed by atoms with Crippen LogP contribution in [0.25, 0.3) is 0 Å². The summed E-state index contributed by atoms with van der Waals surface area (Å²) in [5.41, 5.74) is 3.35. The molecule has 0 unspecified atom stereocenters. The van der Waals surface area contributed by atoms with Gasteiger partial charge in [0.2, 0.25) is 0 Å². The second kappa shape index (κ2) is 7.20. The van der Waals surface area contributed by atoms with Gasteiger partial charge in [-0.15, -0.1) is 0 Å². The third-order valence-corrected chi connectivity index (χ3v) is 4.96. The highest BCUT2D eigenvalue weighted by Crippen LogP contribution is 2.23. The van der Waals surface area contributed by atoms with Crippen molar-refractivity contribution < 1.29 is 8.73 Å². The van der Waals surface area contributed by atoms with Gasteiger partial charge >= 0.3 is 0 Å². The molecule has 1 heterocycles. The second-order valence-corrected chi connectivity index (χ2v) is 7.17. The molecular formula is C17H24N2O2S. The lowest BCUT2D eigenvalue weighted by Gasteiger charge is -2.18. The summed E-state index contributed by atoms with van der Waals surface area (Å²) in [7, 11) is -0.925. The summed E-state index contributed by atoms with van der Waals surface area (Å²) < 4.78 is 16.7. The predicted molar refractivity (Wildman–Crippen MR) is 89.6 cm³/mol. The minimum atomic E-state index is -0.925. The zero-order chi connectivity index (χ0) is 16.3. The first-order valence-corrected chi connectivity index (χ1v) is 9.05. The van der Waals surface area contributed by atoms with Crippen LogP contribution >= 0.6 is 0 Å². The molecule has 2 rings (SSSR count). The molecule has 22 heavy (non-hydrogen) atoms. The van der Waals surface area contributed by atoms with E-state index >= 15 is 0 Å². The van der Waals surface area contributed by atoms with Crippen LogP contribution in [0.1, 0.15) is 48.4 Å². The molecule has 0 bridgehead atoms. The van der Waals surface area contributed by atoms with E-state index in [0.29, 0.717) is 5.92 Å². The van der Waals surface area contributed by atoms with Crippen molar-refractivity contribution in [1.29, 1.82) is 0 Å². The number of aromatic nitrogens is 1. The van der Waals surface area contributed by atoms with Crippen molar-refractivity contribution in [3.8, 4) is 0 Å². The Balaban J connectivity index is 1.97. The zero-order valence-corrected chi connectivity index (χ0v) is 14.7. The predicted octanol–water partition coefficient (Wildman–Crippen LogP) is 3.48. The van der Waals surface area contributed by atoms with Crippen LogP contribution in [-0.2, 0) is 10.8 Å². The molecule has 1 N–H and O–H groups in total. The molecule has 0 radical (unpaired) electrons. The van der Waals surface area contributed by atoms with Crippen LogP contribution in [0.3, 0.4) is 0 Å². The summed E-state index contributed by atoms with van der Waals surface area (Å²) in [4.78, 5) is 0.861. The van der Waals surface area contributed by atoms with E-state index in [1.54, 1.807) is 6.26 Å². The SMILES string of the molecule is Cc1noc(C)c1[C@H](C)CN[C@@H](C)c1ccc([S@](C)=O)cc1. The van der Waals surface area contributed by atoms with Crippen molar-refractivity contribution in [2.45, 2.75) is 44.6 Å².